The topological polar surface area (TPSA) is 0 Å². The summed E-state index contributed by atoms with van der Waals surface area (Å²) in [6, 6.07) is 24.9. The number of allylic oxidation sites excluding steroid dienone is 1. The maximum Gasteiger partial charge on any atom is 0.0406 e. The number of hydrogen-bond acceptors (Lipinski definition) is 0. The molecule has 0 saturated heterocycles. The highest BCUT2D eigenvalue weighted by Gasteiger charge is 2.11. The molecule has 0 aromatic heterocycles. The van der Waals surface area contributed by atoms with Crippen molar-refractivity contribution in [2.75, 3.05) is 0 Å². The van der Waals surface area contributed by atoms with Crippen molar-refractivity contribution in [3.63, 3.8) is 0 Å². The average molecular weight is 319 g/mol. The van der Waals surface area contributed by atoms with Crippen LogP contribution in [0.4, 0.5) is 0 Å². The van der Waals surface area contributed by atoms with Gasteiger partial charge in [0.15, 0.2) is 0 Å². The van der Waals surface area contributed by atoms with Crippen molar-refractivity contribution in [1.29, 1.82) is 0 Å². The highest BCUT2D eigenvalue weighted by atomic mass is 35.5. The Labute approximate surface area is 143 Å². The first-order valence-electron chi connectivity index (χ1n) is 7.73. The zero-order chi connectivity index (χ0) is 16.2. The molecule has 3 rings (SSSR count). The minimum atomic E-state index is 0.764. The predicted octanol–water partition coefficient (Wildman–Crippen LogP) is 6.57. The van der Waals surface area contributed by atoms with E-state index in [0.29, 0.717) is 0 Å². The molecule has 0 radical (unpaired) electrons. The third kappa shape index (κ3) is 3.55. The van der Waals surface area contributed by atoms with Crippen LogP contribution in [0, 0.1) is 6.92 Å². The molecule has 0 saturated carbocycles. The van der Waals surface area contributed by atoms with Gasteiger partial charge in [-0.1, -0.05) is 78.8 Å². The minimum absolute atomic E-state index is 0.764. The van der Waals surface area contributed by atoms with Crippen LogP contribution in [0.1, 0.15) is 16.7 Å². The summed E-state index contributed by atoms with van der Waals surface area (Å²) >= 11 is 5.97. The van der Waals surface area contributed by atoms with Crippen molar-refractivity contribution in [2.45, 2.75) is 13.3 Å². The van der Waals surface area contributed by atoms with Gasteiger partial charge in [0.2, 0.25) is 0 Å². The molecule has 1 heteroatoms. The van der Waals surface area contributed by atoms with E-state index in [4.69, 9.17) is 11.6 Å². The molecule has 23 heavy (non-hydrogen) atoms. The summed E-state index contributed by atoms with van der Waals surface area (Å²) in [7, 11) is 0. The standard InChI is InChI=1S/C22H19Cl/c1-16-7-6-10-21(19-8-4-3-5-9-19)22(16)17(2)15-18-11-13-20(23)14-12-18/h3-14H,2,15H2,1H3. The Bertz CT molecular complexity index is 814. The van der Waals surface area contributed by atoms with E-state index in [2.05, 4.69) is 68.1 Å². The van der Waals surface area contributed by atoms with Gasteiger partial charge in [0.05, 0.1) is 0 Å². The fraction of sp³-hybridized carbons (Fsp3) is 0.0909. The Balaban J connectivity index is 1.98. The molecule has 0 aliphatic heterocycles. The lowest BCUT2D eigenvalue weighted by Gasteiger charge is -2.16. The van der Waals surface area contributed by atoms with Crippen molar-refractivity contribution in [3.8, 4) is 11.1 Å². The van der Waals surface area contributed by atoms with E-state index < -0.39 is 0 Å². The van der Waals surface area contributed by atoms with Gasteiger partial charge in [-0.15, -0.1) is 0 Å². The zero-order valence-electron chi connectivity index (χ0n) is 13.2. The fourth-order valence-corrected chi connectivity index (χ4v) is 3.06. The maximum absolute atomic E-state index is 5.97. The zero-order valence-corrected chi connectivity index (χ0v) is 14.0. The second-order valence-electron chi connectivity index (χ2n) is 5.77. The van der Waals surface area contributed by atoms with E-state index in [1.54, 1.807) is 0 Å². The van der Waals surface area contributed by atoms with Crippen molar-refractivity contribution in [1.82, 2.24) is 0 Å². The van der Waals surface area contributed by atoms with Gasteiger partial charge in [-0.25, -0.2) is 0 Å². The number of hydrogen-bond donors (Lipinski definition) is 0. The molecule has 0 unspecified atom stereocenters. The lowest BCUT2D eigenvalue weighted by atomic mass is 9.89. The molecular formula is C22H19Cl. The molecule has 0 fully saturated rings. The lowest BCUT2D eigenvalue weighted by molar-refractivity contribution is 1.27. The summed E-state index contributed by atoms with van der Waals surface area (Å²) in [5, 5.41) is 0.764. The van der Waals surface area contributed by atoms with Crippen LogP contribution in [0.5, 0.6) is 0 Å². The molecule has 0 heterocycles. The van der Waals surface area contributed by atoms with E-state index >= 15 is 0 Å². The molecule has 114 valence electrons. The van der Waals surface area contributed by atoms with Gasteiger partial charge in [-0.2, -0.15) is 0 Å². The molecule has 0 nitrogen and oxygen atoms in total. The number of rotatable bonds is 4. The van der Waals surface area contributed by atoms with Crippen LogP contribution in [0.2, 0.25) is 5.02 Å². The van der Waals surface area contributed by atoms with Crippen LogP contribution in [-0.2, 0) is 6.42 Å². The minimum Gasteiger partial charge on any atom is -0.0949 e. The predicted molar refractivity (Wildman–Crippen MR) is 101 cm³/mol. The van der Waals surface area contributed by atoms with Gasteiger partial charge in [-0.05, 0) is 58.9 Å². The molecule has 0 amide bonds. The summed E-state index contributed by atoms with van der Waals surface area (Å²) in [5.41, 5.74) is 7.32. The quantitative estimate of drug-likeness (QED) is 0.510. The fourth-order valence-electron chi connectivity index (χ4n) is 2.93. The second kappa shape index (κ2) is 6.85. The normalized spacial score (nSPS) is 10.5. The number of aryl methyl sites for hydroxylation is 1. The van der Waals surface area contributed by atoms with Crippen LogP contribution < -0.4 is 0 Å². The molecule has 0 aliphatic carbocycles. The van der Waals surface area contributed by atoms with Crippen molar-refractivity contribution >= 4 is 17.2 Å². The summed E-state index contributed by atoms with van der Waals surface area (Å²) < 4.78 is 0. The molecule has 0 atom stereocenters. The first-order valence-corrected chi connectivity index (χ1v) is 8.10. The Kier molecular flexibility index (Phi) is 4.64. The van der Waals surface area contributed by atoms with Crippen LogP contribution in [0.25, 0.3) is 16.7 Å². The molecule has 0 aliphatic rings. The lowest BCUT2D eigenvalue weighted by Crippen LogP contribution is -1.96. The van der Waals surface area contributed by atoms with E-state index in [-0.39, 0.29) is 0 Å². The largest absolute Gasteiger partial charge is 0.0949 e. The monoisotopic (exact) mass is 318 g/mol. The Morgan fingerprint density at radius 2 is 1.57 bits per heavy atom. The average Bonchev–Trinajstić information content (AvgIpc) is 2.57. The van der Waals surface area contributed by atoms with E-state index in [1.807, 2.05) is 18.2 Å². The van der Waals surface area contributed by atoms with Gasteiger partial charge in [0.1, 0.15) is 0 Å². The molecule has 3 aromatic rings. The van der Waals surface area contributed by atoms with Gasteiger partial charge in [0, 0.05) is 5.02 Å². The number of benzene rings is 3. The third-order valence-electron chi connectivity index (χ3n) is 4.04. The van der Waals surface area contributed by atoms with Crippen LogP contribution >= 0.6 is 11.6 Å². The van der Waals surface area contributed by atoms with Crippen molar-refractivity contribution < 1.29 is 0 Å². The smallest absolute Gasteiger partial charge is 0.0406 e. The van der Waals surface area contributed by atoms with Gasteiger partial charge in [-0.3, -0.25) is 0 Å². The summed E-state index contributed by atoms with van der Waals surface area (Å²) in [4.78, 5) is 0. The van der Waals surface area contributed by atoms with Crippen LogP contribution in [0.3, 0.4) is 0 Å². The molecule has 0 N–H and O–H groups in total. The summed E-state index contributed by atoms with van der Waals surface area (Å²) in [6.45, 7) is 6.50. The molecule has 0 bridgehead atoms. The van der Waals surface area contributed by atoms with Crippen molar-refractivity contribution in [2.24, 2.45) is 0 Å². The van der Waals surface area contributed by atoms with Crippen molar-refractivity contribution in [3.05, 3.63) is 101 Å². The maximum atomic E-state index is 5.97. The Hall–Kier alpha value is -2.31. The SMILES string of the molecule is C=C(Cc1ccc(Cl)cc1)c1c(C)cccc1-c1ccccc1. The summed E-state index contributed by atoms with van der Waals surface area (Å²) in [5.74, 6) is 0. The highest BCUT2D eigenvalue weighted by Crippen LogP contribution is 2.32. The van der Waals surface area contributed by atoms with Gasteiger partial charge in [0.25, 0.3) is 0 Å². The summed E-state index contributed by atoms with van der Waals surface area (Å²) in [6.07, 6.45) is 0.821. The molecular weight excluding hydrogens is 300 g/mol. The Morgan fingerprint density at radius 3 is 2.26 bits per heavy atom. The second-order valence-corrected chi connectivity index (χ2v) is 6.21. The van der Waals surface area contributed by atoms with Crippen LogP contribution in [0.15, 0.2) is 79.4 Å². The van der Waals surface area contributed by atoms with Gasteiger partial charge >= 0.3 is 0 Å². The van der Waals surface area contributed by atoms with E-state index in [0.717, 1.165) is 17.0 Å². The Morgan fingerprint density at radius 1 is 0.870 bits per heavy atom. The first kappa shape index (κ1) is 15.6. The van der Waals surface area contributed by atoms with Gasteiger partial charge < -0.3 is 0 Å². The first-order chi connectivity index (χ1) is 11.1. The third-order valence-corrected chi connectivity index (χ3v) is 4.29. The molecule has 3 aromatic carbocycles. The number of halogens is 1. The van der Waals surface area contributed by atoms with Crippen LogP contribution in [-0.4, -0.2) is 0 Å². The highest BCUT2D eigenvalue weighted by molar-refractivity contribution is 6.30. The van der Waals surface area contributed by atoms with E-state index in [9.17, 15) is 0 Å². The van der Waals surface area contributed by atoms with E-state index in [1.165, 1.54) is 27.8 Å². The molecule has 0 spiro atoms.